The highest BCUT2D eigenvalue weighted by atomic mass is 79.9. The summed E-state index contributed by atoms with van der Waals surface area (Å²) in [5, 5.41) is 0. The molecule has 0 unspecified atom stereocenters. The second kappa shape index (κ2) is 6.91. The average molecular weight is 415 g/mol. The Labute approximate surface area is 137 Å². The first-order valence-corrected chi connectivity index (χ1v) is 10.6. The Hall–Kier alpha value is -0.550. The van der Waals surface area contributed by atoms with E-state index >= 15 is 0 Å². The standard InChI is InChI=1S/C12H16BrFN2O4S2/c13-11-4-1-3-10(12(11)14)9-21(17,18)15-5-7-16-6-2-8-22(16,19)20/h1,3-4,15H,2,5-9H2. The SMILES string of the molecule is O=S(=O)(Cc1cccc(Br)c1F)NCCN1CCCS1(=O)=O. The molecular weight excluding hydrogens is 399 g/mol. The summed E-state index contributed by atoms with van der Waals surface area (Å²) in [5.74, 6) is -1.01. The summed E-state index contributed by atoms with van der Waals surface area (Å²) in [7, 11) is -6.98. The highest BCUT2D eigenvalue weighted by molar-refractivity contribution is 9.10. The number of hydrogen-bond donors (Lipinski definition) is 1. The van der Waals surface area contributed by atoms with Crippen molar-refractivity contribution in [3.63, 3.8) is 0 Å². The molecule has 22 heavy (non-hydrogen) atoms. The quantitative estimate of drug-likeness (QED) is 0.753. The summed E-state index contributed by atoms with van der Waals surface area (Å²) >= 11 is 3.00. The topological polar surface area (TPSA) is 83.6 Å². The van der Waals surface area contributed by atoms with Crippen molar-refractivity contribution < 1.29 is 21.2 Å². The second-order valence-corrected chi connectivity index (χ2v) is 9.68. The lowest BCUT2D eigenvalue weighted by atomic mass is 10.2. The summed E-state index contributed by atoms with van der Waals surface area (Å²) in [6.45, 7) is 0.462. The number of nitrogens with zero attached hydrogens (tertiary/aromatic N) is 1. The van der Waals surface area contributed by atoms with E-state index in [2.05, 4.69) is 20.7 Å². The number of rotatable bonds is 6. The summed E-state index contributed by atoms with van der Waals surface area (Å²) in [4.78, 5) is 0. The molecule has 0 spiro atoms. The van der Waals surface area contributed by atoms with Gasteiger partial charge in [0.05, 0.1) is 16.0 Å². The first-order chi connectivity index (χ1) is 10.2. The third-order valence-electron chi connectivity index (χ3n) is 3.26. The molecule has 0 amide bonds. The maximum atomic E-state index is 13.8. The fourth-order valence-electron chi connectivity index (χ4n) is 2.18. The van der Waals surface area contributed by atoms with Gasteiger partial charge in [-0.25, -0.2) is 30.3 Å². The van der Waals surface area contributed by atoms with E-state index in [0.717, 1.165) is 0 Å². The van der Waals surface area contributed by atoms with E-state index in [4.69, 9.17) is 0 Å². The molecule has 1 heterocycles. The van der Waals surface area contributed by atoms with Crippen LogP contribution in [0.4, 0.5) is 4.39 Å². The van der Waals surface area contributed by atoms with Gasteiger partial charge in [-0.15, -0.1) is 0 Å². The molecule has 0 atom stereocenters. The van der Waals surface area contributed by atoms with E-state index < -0.39 is 31.6 Å². The van der Waals surface area contributed by atoms with Gasteiger partial charge in [0.15, 0.2) is 0 Å². The van der Waals surface area contributed by atoms with Crippen molar-refractivity contribution in [2.75, 3.05) is 25.4 Å². The molecule has 1 aromatic rings. The van der Waals surface area contributed by atoms with Crippen LogP contribution in [0.2, 0.25) is 0 Å². The Morgan fingerprint density at radius 3 is 2.73 bits per heavy atom. The maximum absolute atomic E-state index is 13.8. The van der Waals surface area contributed by atoms with Gasteiger partial charge in [0.2, 0.25) is 20.0 Å². The van der Waals surface area contributed by atoms with Crippen molar-refractivity contribution in [2.24, 2.45) is 0 Å². The molecule has 1 aliphatic heterocycles. The largest absolute Gasteiger partial charge is 0.215 e. The van der Waals surface area contributed by atoms with E-state index in [-0.39, 0.29) is 28.9 Å². The molecule has 0 aromatic heterocycles. The third kappa shape index (κ3) is 4.48. The van der Waals surface area contributed by atoms with Gasteiger partial charge >= 0.3 is 0 Å². The van der Waals surface area contributed by atoms with Gasteiger partial charge in [0.25, 0.3) is 0 Å². The van der Waals surface area contributed by atoms with Crippen LogP contribution in [0.25, 0.3) is 0 Å². The normalized spacial score (nSPS) is 18.6. The first-order valence-electron chi connectivity index (χ1n) is 6.59. The lowest BCUT2D eigenvalue weighted by Crippen LogP contribution is -2.36. The minimum Gasteiger partial charge on any atom is -0.214 e. The third-order valence-corrected chi connectivity index (χ3v) is 7.17. The van der Waals surface area contributed by atoms with Crippen molar-refractivity contribution in [3.8, 4) is 0 Å². The van der Waals surface area contributed by atoms with Crippen LogP contribution in [0.5, 0.6) is 0 Å². The Bertz CT molecular complexity index is 752. The van der Waals surface area contributed by atoms with Crippen molar-refractivity contribution in [2.45, 2.75) is 12.2 Å². The van der Waals surface area contributed by atoms with E-state index in [1.807, 2.05) is 0 Å². The molecule has 2 rings (SSSR count). The predicted molar refractivity (Wildman–Crippen MR) is 84.7 cm³/mol. The van der Waals surface area contributed by atoms with Gasteiger partial charge < -0.3 is 0 Å². The molecule has 0 bridgehead atoms. The minimum atomic E-state index is -3.74. The summed E-state index contributed by atoms with van der Waals surface area (Å²) in [6.07, 6.45) is 0.554. The summed E-state index contributed by atoms with van der Waals surface area (Å²) in [6, 6.07) is 4.43. The van der Waals surface area contributed by atoms with E-state index in [9.17, 15) is 21.2 Å². The molecule has 10 heteroatoms. The Morgan fingerprint density at radius 1 is 1.36 bits per heavy atom. The van der Waals surface area contributed by atoms with Crippen molar-refractivity contribution in [1.82, 2.24) is 9.03 Å². The molecule has 124 valence electrons. The lowest BCUT2D eigenvalue weighted by molar-refractivity contribution is 0.444. The molecule has 1 aromatic carbocycles. The van der Waals surface area contributed by atoms with Crippen LogP contribution in [0, 0.1) is 5.82 Å². The predicted octanol–water partition coefficient (Wildman–Crippen LogP) is 1.04. The Kier molecular flexibility index (Phi) is 5.59. The zero-order chi connectivity index (χ0) is 16.4. The van der Waals surface area contributed by atoms with Crippen molar-refractivity contribution in [3.05, 3.63) is 34.1 Å². The number of nitrogens with one attached hydrogen (secondary N) is 1. The molecule has 1 aliphatic rings. The van der Waals surface area contributed by atoms with Crippen LogP contribution in [0.1, 0.15) is 12.0 Å². The first kappa shape index (κ1) is 17.8. The van der Waals surface area contributed by atoms with Crippen LogP contribution >= 0.6 is 15.9 Å². The monoisotopic (exact) mass is 414 g/mol. The smallest absolute Gasteiger partial charge is 0.214 e. The molecule has 1 saturated heterocycles. The molecular formula is C12H16BrFN2O4S2. The molecule has 0 radical (unpaired) electrons. The lowest BCUT2D eigenvalue weighted by Gasteiger charge is -2.14. The fourth-order valence-corrected chi connectivity index (χ4v) is 5.26. The van der Waals surface area contributed by atoms with Gasteiger partial charge in [-0.05, 0) is 28.4 Å². The van der Waals surface area contributed by atoms with E-state index in [1.165, 1.54) is 16.4 Å². The molecule has 0 saturated carbocycles. The molecule has 1 N–H and O–H groups in total. The van der Waals surface area contributed by atoms with E-state index in [0.29, 0.717) is 13.0 Å². The fraction of sp³-hybridized carbons (Fsp3) is 0.500. The van der Waals surface area contributed by atoms with Crippen LogP contribution in [0.15, 0.2) is 22.7 Å². The summed E-state index contributed by atoms with van der Waals surface area (Å²) < 4.78 is 64.6. The number of sulfonamides is 2. The van der Waals surface area contributed by atoms with Crippen LogP contribution in [-0.4, -0.2) is 46.5 Å². The highest BCUT2D eigenvalue weighted by Gasteiger charge is 2.28. The highest BCUT2D eigenvalue weighted by Crippen LogP contribution is 2.20. The zero-order valence-corrected chi connectivity index (χ0v) is 14.8. The van der Waals surface area contributed by atoms with Crippen LogP contribution < -0.4 is 4.72 Å². The van der Waals surface area contributed by atoms with Gasteiger partial charge in [0, 0.05) is 25.2 Å². The van der Waals surface area contributed by atoms with Crippen LogP contribution in [0.3, 0.4) is 0 Å². The van der Waals surface area contributed by atoms with Gasteiger partial charge in [0.1, 0.15) is 5.82 Å². The second-order valence-electron chi connectivity index (χ2n) is 4.93. The summed E-state index contributed by atoms with van der Waals surface area (Å²) in [5.41, 5.74) is 0.0515. The van der Waals surface area contributed by atoms with Crippen molar-refractivity contribution >= 4 is 36.0 Å². The van der Waals surface area contributed by atoms with Gasteiger partial charge in [-0.1, -0.05) is 12.1 Å². The minimum absolute atomic E-state index is 0.0306. The number of halogens is 2. The number of benzene rings is 1. The Balaban J connectivity index is 1.93. The molecule has 6 nitrogen and oxygen atoms in total. The maximum Gasteiger partial charge on any atom is 0.215 e. The van der Waals surface area contributed by atoms with Crippen molar-refractivity contribution in [1.29, 1.82) is 0 Å². The average Bonchev–Trinajstić information content (AvgIpc) is 2.74. The molecule has 0 aliphatic carbocycles. The molecule has 1 fully saturated rings. The van der Waals surface area contributed by atoms with E-state index in [1.54, 1.807) is 6.07 Å². The van der Waals surface area contributed by atoms with Crippen LogP contribution in [-0.2, 0) is 25.8 Å². The van der Waals surface area contributed by atoms with Gasteiger partial charge in [-0.2, -0.15) is 0 Å². The number of hydrogen-bond acceptors (Lipinski definition) is 4. The Morgan fingerprint density at radius 2 is 2.09 bits per heavy atom. The zero-order valence-electron chi connectivity index (χ0n) is 11.6. The van der Waals surface area contributed by atoms with Gasteiger partial charge in [-0.3, -0.25) is 0 Å².